The van der Waals surface area contributed by atoms with E-state index in [9.17, 15) is 22.8 Å². The Bertz CT molecular complexity index is 896. The van der Waals surface area contributed by atoms with E-state index in [4.69, 9.17) is 23.2 Å². The van der Waals surface area contributed by atoms with Crippen LogP contribution in [0.3, 0.4) is 0 Å². The average Bonchev–Trinajstić information content (AvgIpc) is 2.75. The molecule has 9 heteroatoms. The topological polar surface area (TPSA) is 49.4 Å². The number of hydrogen-bond donors (Lipinski definition) is 1. The molecule has 4 nitrogen and oxygen atoms in total. The number of carbonyl (C=O) groups excluding carboxylic acids is 2. The van der Waals surface area contributed by atoms with Crippen molar-refractivity contribution in [1.82, 2.24) is 5.32 Å². The number of anilines is 1. The molecule has 1 saturated heterocycles. The van der Waals surface area contributed by atoms with E-state index >= 15 is 0 Å². The van der Waals surface area contributed by atoms with Gasteiger partial charge in [0.1, 0.15) is 5.54 Å². The van der Waals surface area contributed by atoms with Gasteiger partial charge in [0.15, 0.2) is 0 Å². The van der Waals surface area contributed by atoms with Crippen LogP contribution in [-0.4, -0.2) is 17.5 Å². The first-order chi connectivity index (χ1) is 12.5. The fourth-order valence-corrected chi connectivity index (χ4v) is 3.44. The van der Waals surface area contributed by atoms with Crippen LogP contribution < -0.4 is 10.2 Å². The van der Waals surface area contributed by atoms with Gasteiger partial charge in [-0.05, 0) is 42.8 Å². The lowest BCUT2D eigenvalue weighted by atomic mass is 9.92. The maximum atomic E-state index is 12.9. The number of carbonyl (C=O) groups is 2. The predicted octanol–water partition coefficient (Wildman–Crippen LogP) is 5.07. The van der Waals surface area contributed by atoms with E-state index in [-0.39, 0.29) is 22.2 Å². The highest BCUT2D eigenvalue weighted by atomic mass is 35.5. The number of rotatable bonds is 3. The maximum Gasteiger partial charge on any atom is 0.416 e. The zero-order valence-corrected chi connectivity index (χ0v) is 15.4. The first-order valence-electron chi connectivity index (χ1n) is 7.78. The van der Waals surface area contributed by atoms with Crippen molar-refractivity contribution in [2.24, 2.45) is 0 Å². The van der Waals surface area contributed by atoms with Crippen LogP contribution in [-0.2, 0) is 17.4 Å². The lowest BCUT2D eigenvalue weighted by Crippen LogP contribution is -2.46. The van der Waals surface area contributed by atoms with Crippen molar-refractivity contribution in [3.8, 4) is 0 Å². The average molecular weight is 417 g/mol. The van der Waals surface area contributed by atoms with Gasteiger partial charge in [0, 0.05) is 16.5 Å². The Balaban J connectivity index is 1.86. The van der Waals surface area contributed by atoms with Gasteiger partial charge < -0.3 is 5.32 Å². The van der Waals surface area contributed by atoms with Gasteiger partial charge in [-0.15, -0.1) is 0 Å². The summed E-state index contributed by atoms with van der Waals surface area (Å²) in [5, 5.41) is 3.11. The fraction of sp³-hybridized carbons (Fsp3) is 0.222. The van der Waals surface area contributed by atoms with Crippen LogP contribution >= 0.6 is 23.2 Å². The molecule has 0 aromatic heterocycles. The molecule has 27 heavy (non-hydrogen) atoms. The Kier molecular flexibility index (Phi) is 4.86. The van der Waals surface area contributed by atoms with Gasteiger partial charge in [-0.3, -0.25) is 4.79 Å². The molecule has 0 unspecified atom stereocenters. The maximum absolute atomic E-state index is 12.9. The second-order valence-electron chi connectivity index (χ2n) is 6.40. The second kappa shape index (κ2) is 6.73. The number of amides is 3. The van der Waals surface area contributed by atoms with Crippen LogP contribution in [0.4, 0.5) is 23.7 Å². The van der Waals surface area contributed by atoms with E-state index in [0.29, 0.717) is 5.56 Å². The predicted molar refractivity (Wildman–Crippen MR) is 96.0 cm³/mol. The van der Waals surface area contributed by atoms with Crippen molar-refractivity contribution in [3.05, 3.63) is 63.6 Å². The van der Waals surface area contributed by atoms with Crippen LogP contribution in [0.25, 0.3) is 0 Å². The fourth-order valence-electron chi connectivity index (χ4n) is 2.93. The Hall–Kier alpha value is -2.25. The van der Waals surface area contributed by atoms with Gasteiger partial charge in [0.2, 0.25) is 0 Å². The molecule has 1 heterocycles. The number of benzene rings is 2. The summed E-state index contributed by atoms with van der Waals surface area (Å²) >= 11 is 11.9. The molecular formula is C18H13Cl2F3N2O2. The molecule has 0 radical (unpaired) electrons. The van der Waals surface area contributed by atoms with Crippen LogP contribution in [0.5, 0.6) is 0 Å². The third-order valence-corrected chi connectivity index (χ3v) is 4.64. The van der Waals surface area contributed by atoms with Crippen LogP contribution in [0.1, 0.15) is 18.1 Å². The number of nitrogens with one attached hydrogen (secondary N) is 1. The highest BCUT2D eigenvalue weighted by Crippen LogP contribution is 2.33. The molecule has 1 N–H and O–H groups in total. The first-order valence-corrected chi connectivity index (χ1v) is 8.54. The quantitative estimate of drug-likeness (QED) is 0.710. The summed E-state index contributed by atoms with van der Waals surface area (Å²) in [7, 11) is 0. The third kappa shape index (κ3) is 3.89. The van der Waals surface area contributed by atoms with Crippen LogP contribution in [0.2, 0.25) is 10.0 Å². The first kappa shape index (κ1) is 19.5. The van der Waals surface area contributed by atoms with Crippen molar-refractivity contribution < 1.29 is 22.8 Å². The Morgan fingerprint density at radius 2 is 1.59 bits per heavy atom. The number of alkyl halides is 3. The standard InChI is InChI=1S/C18H13Cl2F3N2O2/c1-17(9-10-2-4-11(5-3-10)18(21,22)23)15(26)25(16(27)24-17)14-7-12(19)6-13(20)8-14/h2-8H,9H2,1H3,(H,24,27)/t17-/m0/s1. The molecule has 2 aromatic carbocycles. The van der Waals surface area contributed by atoms with E-state index < -0.39 is 29.2 Å². The molecule has 1 fully saturated rings. The highest BCUT2D eigenvalue weighted by molar-refractivity contribution is 6.35. The van der Waals surface area contributed by atoms with E-state index in [0.717, 1.165) is 17.0 Å². The molecular weight excluding hydrogens is 404 g/mol. The molecule has 1 aliphatic rings. The Morgan fingerprint density at radius 3 is 2.11 bits per heavy atom. The number of imide groups is 1. The summed E-state index contributed by atoms with van der Waals surface area (Å²) in [4.78, 5) is 26.1. The van der Waals surface area contributed by atoms with Crippen molar-refractivity contribution >= 4 is 40.8 Å². The lowest BCUT2D eigenvalue weighted by molar-refractivity contribution is -0.137. The Labute approximate surface area is 162 Å². The lowest BCUT2D eigenvalue weighted by Gasteiger charge is -2.22. The number of halogens is 5. The summed E-state index contributed by atoms with van der Waals surface area (Å²) < 4.78 is 38.0. The van der Waals surface area contributed by atoms with Crippen molar-refractivity contribution in [2.45, 2.75) is 25.1 Å². The van der Waals surface area contributed by atoms with E-state index in [1.807, 2.05) is 0 Å². The van der Waals surface area contributed by atoms with Gasteiger partial charge in [-0.2, -0.15) is 13.2 Å². The van der Waals surface area contributed by atoms with Gasteiger partial charge in [0.25, 0.3) is 5.91 Å². The monoisotopic (exact) mass is 416 g/mol. The van der Waals surface area contributed by atoms with Crippen LogP contribution in [0, 0.1) is 0 Å². The van der Waals surface area contributed by atoms with E-state index in [1.165, 1.54) is 37.3 Å². The van der Waals surface area contributed by atoms with Crippen molar-refractivity contribution in [1.29, 1.82) is 0 Å². The molecule has 0 saturated carbocycles. The minimum Gasteiger partial charge on any atom is -0.323 e. The van der Waals surface area contributed by atoms with Crippen LogP contribution in [0.15, 0.2) is 42.5 Å². The minimum atomic E-state index is -4.44. The molecule has 3 amide bonds. The van der Waals surface area contributed by atoms with E-state index in [1.54, 1.807) is 0 Å². The van der Waals surface area contributed by atoms with Crippen molar-refractivity contribution in [2.75, 3.05) is 4.90 Å². The molecule has 0 bridgehead atoms. The molecule has 2 aromatic rings. The van der Waals surface area contributed by atoms with Gasteiger partial charge in [-0.1, -0.05) is 35.3 Å². The normalized spacial score (nSPS) is 20.1. The summed E-state index contributed by atoms with van der Waals surface area (Å²) in [6, 6.07) is 8.10. The number of urea groups is 1. The zero-order chi connectivity index (χ0) is 20.0. The Morgan fingerprint density at radius 1 is 1.04 bits per heavy atom. The number of hydrogen-bond acceptors (Lipinski definition) is 2. The molecule has 1 atom stereocenters. The molecule has 0 spiro atoms. The smallest absolute Gasteiger partial charge is 0.323 e. The largest absolute Gasteiger partial charge is 0.416 e. The molecule has 1 aliphatic heterocycles. The SMILES string of the molecule is C[C@@]1(Cc2ccc(C(F)(F)F)cc2)NC(=O)N(c2cc(Cl)cc(Cl)c2)C1=O. The summed E-state index contributed by atoms with van der Waals surface area (Å²) in [5.74, 6) is -0.550. The minimum absolute atomic E-state index is 0.0283. The molecule has 3 rings (SSSR count). The summed E-state index contributed by atoms with van der Waals surface area (Å²) in [6.45, 7) is 1.51. The van der Waals surface area contributed by atoms with Crippen molar-refractivity contribution in [3.63, 3.8) is 0 Å². The highest BCUT2D eigenvalue weighted by Gasteiger charge is 2.48. The molecule has 142 valence electrons. The summed E-state index contributed by atoms with van der Waals surface area (Å²) in [6.07, 6.45) is -4.41. The van der Waals surface area contributed by atoms with Gasteiger partial charge >= 0.3 is 12.2 Å². The third-order valence-electron chi connectivity index (χ3n) is 4.21. The second-order valence-corrected chi connectivity index (χ2v) is 7.27. The molecule has 0 aliphatic carbocycles. The van der Waals surface area contributed by atoms with E-state index in [2.05, 4.69) is 5.32 Å². The zero-order valence-electron chi connectivity index (χ0n) is 13.9. The van der Waals surface area contributed by atoms with Gasteiger partial charge in [0.05, 0.1) is 11.3 Å². The number of nitrogens with zero attached hydrogens (tertiary/aromatic N) is 1. The van der Waals surface area contributed by atoms with Gasteiger partial charge in [-0.25, -0.2) is 9.69 Å². The summed E-state index contributed by atoms with van der Waals surface area (Å²) in [5.41, 5.74) is -1.41.